The van der Waals surface area contributed by atoms with Crippen LogP contribution in [0.3, 0.4) is 0 Å². The van der Waals surface area contributed by atoms with Gasteiger partial charge in [-0.2, -0.15) is 0 Å². The summed E-state index contributed by atoms with van der Waals surface area (Å²) in [6.45, 7) is 1.92. The van der Waals surface area contributed by atoms with Crippen LogP contribution in [0.2, 0.25) is 0 Å². The summed E-state index contributed by atoms with van der Waals surface area (Å²) in [6.07, 6.45) is 14.9. The van der Waals surface area contributed by atoms with Crippen LogP contribution in [-0.4, -0.2) is 39.5 Å². The average molecular weight is 298 g/mol. The summed E-state index contributed by atoms with van der Waals surface area (Å²) < 4.78 is 22.0. The van der Waals surface area contributed by atoms with Gasteiger partial charge < -0.3 is 18.9 Å². The maximum absolute atomic E-state index is 5.75. The first kappa shape index (κ1) is 18.4. The Morgan fingerprint density at radius 2 is 2.10 bits per heavy atom. The minimum atomic E-state index is 0.00715. The molecule has 2 atom stereocenters. The summed E-state index contributed by atoms with van der Waals surface area (Å²) in [5, 5.41) is 0. The first-order valence-electron chi connectivity index (χ1n) is 8.14. The van der Waals surface area contributed by atoms with Crippen LogP contribution in [-0.2, 0) is 18.9 Å². The van der Waals surface area contributed by atoms with Crippen LogP contribution < -0.4 is 0 Å². The maximum Gasteiger partial charge on any atom is 0.157 e. The zero-order valence-corrected chi connectivity index (χ0v) is 13.4. The predicted octanol–water partition coefficient (Wildman–Crippen LogP) is 3.49. The van der Waals surface area contributed by atoms with Gasteiger partial charge in [-0.15, -0.1) is 12.3 Å². The minimum Gasteiger partial charge on any atom is -0.359 e. The molecule has 0 aromatic heterocycles. The maximum atomic E-state index is 5.75. The Balaban J connectivity index is 2.08. The predicted molar refractivity (Wildman–Crippen MR) is 82.8 cm³/mol. The molecule has 1 saturated heterocycles. The molecule has 0 saturated carbocycles. The summed E-state index contributed by atoms with van der Waals surface area (Å²) in [6, 6.07) is 0. The lowest BCUT2D eigenvalue weighted by atomic mass is 10.1. The van der Waals surface area contributed by atoms with Crippen LogP contribution in [0, 0.1) is 12.3 Å². The van der Waals surface area contributed by atoms with Gasteiger partial charge in [0.2, 0.25) is 0 Å². The summed E-state index contributed by atoms with van der Waals surface area (Å²) in [4.78, 5) is 0. The zero-order chi connectivity index (χ0) is 15.2. The van der Waals surface area contributed by atoms with Crippen LogP contribution in [0.25, 0.3) is 0 Å². The van der Waals surface area contributed by atoms with Crippen molar-refractivity contribution in [2.75, 3.05) is 27.1 Å². The fourth-order valence-corrected chi connectivity index (χ4v) is 2.44. The highest BCUT2D eigenvalue weighted by Crippen LogP contribution is 2.16. The molecule has 0 N–H and O–H groups in total. The van der Waals surface area contributed by atoms with Gasteiger partial charge in [0, 0.05) is 26.7 Å². The standard InChI is InChI=1S/C17H30O4/c1-3-4-5-6-10-16(21-15-18-2)11-9-14-20-17-12-7-8-13-19-17/h1,16-17H,4-15H2,2H3/t16-,17?/m1/s1. The molecule has 1 fully saturated rings. The van der Waals surface area contributed by atoms with Gasteiger partial charge in [-0.05, 0) is 51.4 Å². The molecule has 1 heterocycles. The summed E-state index contributed by atoms with van der Waals surface area (Å²) >= 11 is 0. The minimum absolute atomic E-state index is 0.00715. The van der Waals surface area contributed by atoms with Crippen LogP contribution in [0.15, 0.2) is 0 Å². The van der Waals surface area contributed by atoms with Crippen molar-refractivity contribution in [3.05, 3.63) is 0 Å². The Kier molecular flexibility index (Phi) is 11.5. The number of hydrogen-bond donors (Lipinski definition) is 0. The van der Waals surface area contributed by atoms with E-state index in [1.54, 1.807) is 7.11 Å². The van der Waals surface area contributed by atoms with E-state index in [9.17, 15) is 0 Å². The molecule has 1 aliphatic heterocycles. The van der Waals surface area contributed by atoms with Crippen molar-refractivity contribution in [3.8, 4) is 12.3 Å². The zero-order valence-electron chi connectivity index (χ0n) is 13.4. The highest BCUT2D eigenvalue weighted by Gasteiger charge is 2.14. The number of unbranched alkanes of at least 4 members (excludes halogenated alkanes) is 2. The first-order valence-corrected chi connectivity index (χ1v) is 8.14. The number of terminal acetylenes is 1. The summed E-state index contributed by atoms with van der Waals surface area (Å²) in [5.74, 6) is 2.67. The lowest BCUT2D eigenvalue weighted by molar-refractivity contribution is -0.164. The molecule has 0 bridgehead atoms. The second-order valence-electron chi connectivity index (χ2n) is 5.45. The lowest BCUT2D eigenvalue weighted by Gasteiger charge is -2.23. The van der Waals surface area contributed by atoms with E-state index in [4.69, 9.17) is 25.4 Å². The van der Waals surface area contributed by atoms with E-state index in [1.807, 2.05) is 0 Å². The van der Waals surface area contributed by atoms with E-state index >= 15 is 0 Å². The molecular formula is C17H30O4. The Morgan fingerprint density at radius 3 is 2.81 bits per heavy atom. The molecule has 1 aliphatic rings. The van der Waals surface area contributed by atoms with Crippen molar-refractivity contribution in [2.45, 2.75) is 70.2 Å². The largest absolute Gasteiger partial charge is 0.359 e. The molecule has 1 unspecified atom stereocenters. The Bertz CT molecular complexity index is 268. The third-order valence-electron chi connectivity index (χ3n) is 3.63. The SMILES string of the molecule is C#CCCCC[C@H](CCCOC1CCCCO1)OCOC. The lowest BCUT2D eigenvalue weighted by Crippen LogP contribution is -2.23. The molecule has 4 nitrogen and oxygen atoms in total. The van der Waals surface area contributed by atoms with E-state index in [2.05, 4.69) is 5.92 Å². The average Bonchev–Trinajstić information content (AvgIpc) is 2.53. The monoisotopic (exact) mass is 298 g/mol. The molecule has 0 aromatic carbocycles. The fraction of sp³-hybridized carbons (Fsp3) is 0.882. The summed E-state index contributed by atoms with van der Waals surface area (Å²) in [7, 11) is 1.65. The number of methoxy groups -OCH3 is 1. The van der Waals surface area contributed by atoms with Gasteiger partial charge in [0.25, 0.3) is 0 Å². The number of ether oxygens (including phenoxy) is 4. The highest BCUT2D eigenvalue weighted by molar-refractivity contribution is 4.82. The van der Waals surface area contributed by atoms with E-state index in [1.165, 1.54) is 6.42 Å². The molecular weight excluding hydrogens is 268 g/mol. The van der Waals surface area contributed by atoms with Crippen molar-refractivity contribution in [1.82, 2.24) is 0 Å². The van der Waals surface area contributed by atoms with E-state index in [0.717, 1.165) is 64.6 Å². The van der Waals surface area contributed by atoms with Crippen molar-refractivity contribution in [1.29, 1.82) is 0 Å². The Hall–Kier alpha value is -0.600. The molecule has 0 aliphatic carbocycles. The van der Waals surface area contributed by atoms with Gasteiger partial charge in [0.05, 0.1) is 6.10 Å². The smallest absolute Gasteiger partial charge is 0.157 e. The molecule has 0 spiro atoms. The number of hydrogen-bond acceptors (Lipinski definition) is 4. The van der Waals surface area contributed by atoms with Gasteiger partial charge in [0.1, 0.15) is 6.79 Å². The quantitative estimate of drug-likeness (QED) is 0.314. The molecule has 1 rings (SSSR count). The van der Waals surface area contributed by atoms with Gasteiger partial charge in [-0.1, -0.05) is 0 Å². The Morgan fingerprint density at radius 1 is 1.24 bits per heavy atom. The van der Waals surface area contributed by atoms with E-state index in [-0.39, 0.29) is 12.4 Å². The molecule has 21 heavy (non-hydrogen) atoms. The second kappa shape index (κ2) is 13.1. The van der Waals surface area contributed by atoms with Crippen molar-refractivity contribution in [2.24, 2.45) is 0 Å². The topological polar surface area (TPSA) is 36.9 Å². The van der Waals surface area contributed by atoms with Gasteiger partial charge in [0.15, 0.2) is 6.29 Å². The molecule has 122 valence electrons. The normalized spacial score (nSPS) is 20.1. The van der Waals surface area contributed by atoms with Gasteiger partial charge in [-0.25, -0.2) is 0 Å². The van der Waals surface area contributed by atoms with Gasteiger partial charge in [-0.3, -0.25) is 0 Å². The first-order chi connectivity index (χ1) is 10.4. The van der Waals surface area contributed by atoms with Crippen LogP contribution in [0.1, 0.15) is 57.8 Å². The van der Waals surface area contributed by atoms with Gasteiger partial charge >= 0.3 is 0 Å². The number of rotatable bonds is 12. The summed E-state index contributed by atoms with van der Waals surface area (Å²) in [5.41, 5.74) is 0. The van der Waals surface area contributed by atoms with Crippen molar-refractivity contribution in [3.63, 3.8) is 0 Å². The van der Waals surface area contributed by atoms with Crippen molar-refractivity contribution >= 4 is 0 Å². The highest BCUT2D eigenvalue weighted by atomic mass is 16.7. The second-order valence-corrected chi connectivity index (χ2v) is 5.45. The van der Waals surface area contributed by atoms with Crippen LogP contribution in [0.4, 0.5) is 0 Å². The molecule has 0 aromatic rings. The fourth-order valence-electron chi connectivity index (χ4n) is 2.44. The van der Waals surface area contributed by atoms with Crippen molar-refractivity contribution < 1.29 is 18.9 Å². The molecule has 0 amide bonds. The van der Waals surface area contributed by atoms with Crippen LogP contribution >= 0.6 is 0 Å². The van der Waals surface area contributed by atoms with E-state index in [0.29, 0.717) is 6.79 Å². The third kappa shape index (κ3) is 9.87. The third-order valence-corrected chi connectivity index (χ3v) is 3.63. The molecule has 4 heteroatoms. The Labute approximate surface area is 129 Å². The molecule has 0 radical (unpaired) electrons. The van der Waals surface area contributed by atoms with E-state index < -0.39 is 0 Å². The van der Waals surface area contributed by atoms with Crippen LogP contribution in [0.5, 0.6) is 0 Å².